The van der Waals surface area contributed by atoms with Crippen LogP contribution in [0, 0.1) is 5.82 Å². The van der Waals surface area contributed by atoms with Gasteiger partial charge in [-0.05, 0) is 42.3 Å². The van der Waals surface area contributed by atoms with Crippen molar-refractivity contribution in [3.63, 3.8) is 0 Å². The van der Waals surface area contributed by atoms with Gasteiger partial charge in [0.15, 0.2) is 0 Å². The van der Waals surface area contributed by atoms with Crippen LogP contribution in [0.5, 0.6) is 0 Å². The normalized spacial score (nSPS) is 17.8. The van der Waals surface area contributed by atoms with Crippen LogP contribution in [0.3, 0.4) is 0 Å². The van der Waals surface area contributed by atoms with Crippen LogP contribution < -0.4 is 5.32 Å². The van der Waals surface area contributed by atoms with Crippen LogP contribution in [-0.4, -0.2) is 12.3 Å². The lowest BCUT2D eigenvalue weighted by molar-refractivity contribution is 0.500. The first-order chi connectivity index (χ1) is 9.84. The molecule has 0 spiro atoms. The standard InChI is InChI=1S/C17H18FNS/c18-15-8-4-7-14-16(10-12-20-17(14)15)19-11-9-13-5-2-1-3-6-13/h1-8,16,19H,9-12H2. The van der Waals surface area contributed by atoms with E-state index < -0.39 is 0 Å². The smallest absolute Gasteiger partial charge is 0.137 e. The van der Waals surface area contributed by atoms with Crippen molar-refractivity contribution in [1.29, 1.82) is 0 Å². The van der Waals surface area contributed by atoms with Gasteiger partial charge in [0.1, 0.15) is 5.82 Å². The monoisotopic (exact) mass is 287 g/mol. The van der Waals surface area contributed by atoms with E-state index >= 15 is 0 Å². The zero-order valence-electron chi connectivity index (χ0n) is 11.3. The van der Waals surface area contributed by atoms with Crippen LogP contribution in [0.4, 0.5) is 4.39 Å². The zero-order valence-corrected chi connectivity index (χ0v) is 12.1. The van der Waals surface area contributed by atoms with Crippen molar-refractivity contribution in [2.75, 3.05) is 12.3 Å². The van der Waals surface area contributed by atoms with E-state index in [0.717, 1.165) is 35.6 Å². The Bertz CT molecular complexity index is 570. The molecule has 0 fully saturated rings. The van der Waals surface area contributed by atoms with Crippen molar-refractivity contribution < 1.29 is 4.39 Å². The summed E-state index contributed by atoms with van der Waals surface area (Å²) in [6.45, 7) is 0.926. The molecule has 20 heavy (non-hydrogen) atoms. The minimum Gasteiger partial charge on any atom is -0.310 e. The van der Waals surface area contributed by atoms with E-state index in [1.165, 1.54) is 5.56 Å². The molecule has 0 saturated carbocycles. The molecule has 1 nitrogen and oxygen atoms in total. The number of nitrogens with one attached hydrogen (secondary N) is 1. The fraction of sp³-hybridized carbons (Fsp3) is 0.294. The second kappa shape index (κ2) is 6.42. The molecule has 0 radical (unpaired) electrons. The second-order valence-electron chi connectivity index (χ2n) is 5.04. The maximum atomic E-state index is 13.8. The Labute approximate surface area is 123 Å². The number of thioether (sulfide) groups is 1. The second-order valence-corrected chi connectivity index (χ2v) is 6.14. The molecule has 0 saturated heterocycles. The summed E-state index contributed by atoms with van der Waals surface area (Å²) in [5.41, 5.74) is 2.46. The van der Waals surface area contributed by atoms with E-state index in [2.05, 4.69) is 29.6 Å². The number of fused-ring (bicyclic) bond motifs is 1. The molecule has 1 atom stereocenters. The van der Waals surface area contributed by atoms with Crippen LogP contribution >= 0.6 is 11.8 Å². The summed E-state index contributed by atoms with van der Waals surface area (Å²) in [7, 11) is 0. The number of benzene rings is 2. The van der Waals surface area contributed by atoms with Gasteiger partial charge in [-0.2, -0.15) is 0 Å². The van der Waals surface area contributed by atoms with Gasteiger partial charge >= 0.3 is 0 Å². The summed E-state index contributed by atoms with van der Waals surface area (Å²) in [6, 6.07) is 16.2. The maximum absolute atomic E-state index is 13.8. The lowest BCUT2D eigenvalue weighted by Crippen LogP contribution is -2.26. The SMILES string of the molecule is Fc1cccc2c1SCCC2NCCc1ccccc1. The van der Waals surface area contributed by atoms with Crippen molar-refractivity contribution in [1.82, 2.24) is 5.32 Å². The van der Waals surface area contributed by atoms with Crippen LogP contribution in [-0.2, 0) is 6.42 Å². The van der Waals surface area contributed by atoms with E-state index in [1.54, 1.807) is 17.8 Å². The Morgan fingerprint density at radius 1 is 1.10 bits per heavy atom. The quantitative estimate of drug-likeness (QED) is 0.904. The first kappa shape index (κ1) is 13.7. The molecule has 1 heterocycles. The van der Waals surface area contributed by atoms with Crippen LogP contribution in [0.1, 0.15) is 23.6 Å². The predicted molar refractivity (Wildman–Crippen MR) is 82.6 cm³/mol. The first-order valence-corrected chi connectivity index (χ1v) is 8.01. The van der Waals surface area contributed by atoms with Crippen LogP contribution in [0.2, 0.25) is 0 Å². The molecule has 104 valence electrons. The summed E-state index contributed by atoms with van der Waals surface area (Å²) in [5, 5.41) is 3.57. The van der Waals surface area contributed by atoms with Gasteiger partial charge in [0.2, 0.25) is 0 Å². The average Bonchev–Trinajstić information content (AvgIpc) is 2.49. The number of hydrogen-bond donors (Lipinski definition) is 1. The van der Waals surface area contributed by atoms with Crippen LogP contribution in [0.25, 0.3) is 0 Å². The number of halogens is 1. The third-order valence-electron chi connectivity index (χ3n) is 3.67. The van der Waals surface area contributed by atoms with Gasteiger partial charge in [0, 0.05) is 10.9 Å². The molecule has 0 amide bonds. The van der Waals surface area contributed by atoms with Gasteiger partial charge < -0.3 is 5.32 Å². The molecule has 1 unspecified atom stereocenters. The molecule has 1 aliphatic heterocycles. The number of hydrogen-bond acceptors (Lipinski definition) is 2. The molecule has 0 bridgehead atoms. The molecule has 0 aromatic heterocycles. The van der Waals surface area contributed by atoms with Crippen molar-refractivity contribution in [3.8, 4) is 0 Å². The maximum Gasteiger partial charge on any atom is 0.137 e. The fourth-order valence-electron chi connectivity index (χ4n) is 2.63. The van der Waals surface area contributed by atoms with Gasteiger partial charge in [-0.1, -0.05) is 42.5 Å². The van der Waals surface area contributed by atoms with E-state index in [-0.39, 0.29) is 11.9 Å². The fourth-order valence-corrected chi connectivity index (χ4v) is 3.77. The highest BCUT2D eigenvalue weighted by atomic mass is 32.2. The van der Waals surface area contributed by atoms with E-state index in [1.807, 2.05) is 18.2 Å². The average molecular weight is 287 g/mol. The topological polar surface area (TPSA) is 12.0 Å². The lowest BCUT2D eigenvalue weighted by Gasteiger charge is -2.26. The Morgan fingerprint density at radius 2 is 1.95 bits per heavy atom. The first-order valence-electron chi connectivity index (χ1n) is 7.03. The highest BCUT2D eigenvalue weighted by Gasteiger charge is 2.22. The Morgan fingerprint density at radius 3 is 2.80 bits per heavy atom. The summed E-state index contributed by atoms with van der Waals surface area (Å²) < 4.78 is 13.8. The molecule has 3 heteroatoms. The van der Waals surface area contributed by atoms with E-state index in [0.29, 0.717) is 0 Å². The molecule has 2 aromatic carbocycles. The summed E-state index contributed by atoms with van der Waals surface area (Å²) in [6.07, 6.45) is 2.07. The van der Waals surface area contributed by atoms with Crippen molar-refractivity contribution in [2.24, 2.45) is 0 Å². The molecular formula is C17H18FNS. The Balaban J connectivity index is 1.64. The molecule has 2 aromatic rings. The van der Waals surface area contributed by atoms with Crippen molar-refractivity contribution in [2.45, 2.75) is 23.8 Å². The van der Waals surface area contributed by atoms with Crippen molar-refractivity contribution >= 4 is 11.8 Å². The van der Waals surface area contributed by atoms with Gasteiger partial charge in [0.25, 0.3) is 0 Å². The minimum atomic E-state index is -0.0814. The third-order valence-corrected chi connectivity index (χ3v) is 4.83. The van der Waals surface area contributed by atoms with Crippen molar-refractivity contribution in [3.05, 3.63) is 65.5 Å². The predicted octanol–water partition coefficient (Wildman–Crippen LogP) is 4.19. The summed E-state index contributed by atoms with van der Waals surface area (Å²) in [5.74, 6) is 0.902. The molecule has 1 aliphatic rings. The van der Waals surface area contributed by atoms with E-state index in [9.17, 15) is 4.39 Å². The Kier molecular flexibility index (Phi) is 4.38. The highest BCUT2D eigenvalue weighted by molar-refractivity contribution is 7.99. The molecule has 3 rings (SSSR count). The Hall–Kier alpha value is -1.32. The lowest BCUT2D eigenvalue weighted by atomic mass is 10.0. The van der Waals surface area contributed by atoms with Gasteiger partial charge in [0.05, 0.1) is 0 Å². The number of rotatable bonds is 4. The summed E-state index contributed by atoms with van der Waals surface area (Å²) >= 11 is 1.63. The van der Waals surface area contributed by atoms with Gasteiger partial charge in [-0.25, -0.2) is 4.39 Å². The highest BCUT2D eigenvalue weighted by Crippen LogP contribution is 2.37. The largest absolute Gasteiger partial charge is 0.310 e. The van der Waals surface area contributed by atoms with E-state index in [4.69, 9.17) is 0 Å². The minimum absolute atomic E-state index is 0.0814. The van der Waals surface area contributed by atoms with Crippen LogP contribution in [0.15, 0.2) is 53.4 Å². The van der Waals surface area contributed by atoms with Gasteiger partial charge in [-0.3, -0.25) is 0 Å². The summed E-state index contributed by atoms with van der Waals surface area (Å²) in [4.78, 5) is 0.830. The van der Waals surface area contributed by atoms with Gasteiger partial charge in [-0.15, -0.1) is 11.8 Å². The molecule has 0 aliphatic carbocycles. The molecule has 1 N–H and O–H groups in total. The molecular weight excluding hydrogens is 269 g/mol. The third kappa shape index (κ3) is 3.05. The zero-order chi connectivity index (χ0) is 13.8.